The number of alkyl halides is 1. The zero-order chi connectivity index (χ0) is 9.35. The predicted molar refractivity (Wildman–Crippen MR) is 42.7 cm³/mol. The van der Waals surface area contributed by atoms with Gasteiger partial charge in [-0.1, -0.05) is 0 Å². The number of hydrogen-bond donors (Lipinski definition) is 4. The normalized spacial score (nSPS) is 49.2. The van der Waals surface area contributed by atoms with E-state index in [4.69, 9.17) is 14.9 Å². The van der Waals surface area contributed by atoms with Gasteiger partial charge in [0.1, 0.15) is 18.3 Å². The molecule has 1 aliphatic rings. The van der Waals surface area contributed by atoms with Gasteiger partial charge in [-0.15, -0.1) is 0 Å². The minimum atomic E-state index is -1.36. The SMILES string of the molecule is OCC1(Br)OC[C@@H](O)[C@@H](O)[C@@H]1O. The first kappa shape index (κ1) is 10.4. The van der Waals surface area contributed by atoms with Crippen LogP contribution in [-0.2, 0) is 4.74 Å². The molecule has 0 saturated carbocycles. The van der Waals surface area contributed by atoms with Gasteiger partial charge in [0.2, 0.25) is 0 Å². The lowest BCUT2D eigenvalue weighted by molar-refractivity contribution is -0.206. The Labute approximate surface area is 77.7 Å². The van der Waals surface area contributed by atoms with E-state index in [1.165, 1.54) is 0 Å². The summed E-state index contributed by atoms with van der Waals surface area (Å²) < 4.78 is 3.56. The van der Waals surface area contributed by atoms with Crippen LogP contribution in [0.15, 0.2) is 0 Å². The van der Waals surface area contributed by atoms with Crippen LogP contribution in [0.25, 0.3) is 0 Å². The summed E-state index contributed by atoms with van der Waals surface area (Å²) in [5.41, 5.74) is 0. The zero-order valence-corrected chi connectivity index (χ0v) is 7.81. The Balaban J connectivity index is 2.71. The third-order valence-electron chi connectivity index (χ3n) is 1.87. The highest BCUT2D eigenvalue weighted by molar-refractivity contribution is 9.10. The standard InChI is InChI=1S/C6H11BrO5/c7-6(2-8)5(11)4(10)3(9)1-12-6/h3-5,8-11H,1-2H2/t3-,4-,5+,6?/m1/s1. The summed E-state index contributed by atoms with van der Waals surface area (Å²) in [5, 5.41) is 36.4. The van der Waals surface area contributed by atoms with Crippen molar-refractivity contribution in [3.8, 4) is 0 Å². The van der Waals surface area contributed by atoms with E-state index in [1.54, 1.807) is 0 Å². The van der Waals surface area contributed by atoms with Gasteiger partial charge in [-0.05, 0) is 15.9 Å². The van der Waals surface area contributed by atoms with E-state index in [2.05, 4.69) is 15.9 Å². The molecule has 72 valence electrons. The summed E-state index contributed by atoms with van der Waals surface area (Å²) in [6, 6.07) is 0. The lowest BCUT2D eigenvalue weighted by Crippen LogP contribution is -2.59. The van der Waals surface area contributed by atoms with Crippen LogP contribution in [-0.4, -0.2) is 56.5 Å². The molecule has 0 amide bonds. The van der Waals surface area contributed by atoms with Crippen molar-refractivity contribution >= 4 is 15.9 Å². The molecule has 1 saturated heterocycles. The second-order valence-corrected chi connectivity index (χ2v) is 4.10. The molecule has 1 aliphatic heterocycles. The Bertz CT molecular complexity index is 166. The molecule has 1 rings (SSSR count). The number of aliphatic hydroxyl groups is 4. The number of hydrogen-bond acceptors (Lipinski definition) is 5. The molecule has 4 atom stereocenters. The first-order chi connectivity index (χ1) is 5.51. The van der Waals surface area contributed by atoms with Crippen molar-refractivity contribution in [3.05, 3.63) is 0 Å². The molecular formula is C6H11BrO5. The van der Waals surface area contributed by atoms with E-state index in [1.807, 2.05) is 0 Å². The Morgan fingerprint density at radius 1 is 1.42 bits per heavy atom. The maximum atomic E-state index is 9.33. The van der Waals surface area contributed by atoms with Gasteiger partial charge in [0, 0.05) is 0 Å². The molecule has 6 heteroatoms. The number of halogens is 1. The first-order valence-electron chi connectivity index (χ1n) is 3.49. The van der Waals surface area contributed by atoms with Gasteiger partial charge in [-0.25, -0.2) is 0 Å². The number of ether oxygens (including phenoxy) is 1. The molecule has 1 heterocycles. The summed E-state index contributed by atoms with van der Waals surface area (Å²) in [6.45, 7) is -0.595. The van der Waals surface area contributed by atoms with E-state index >= 15 is 0 Å². The Morgan fingerprint density at radius 2 is 2.00 bits per heavy atom. The quantitative estimate of drug-likeness (QED) is 0.407. The van der Waals surface area contributed by atoms with E-state index in [0.717, 1.165) is 0 Å². The molecule has 5 nitrogen and oxygen atoms in total. The summed E-state index contributed by atoms with van der Waals surface area (Å²) in [7, 11) is 0. The van der Waals surface area contributed by atoms with Crippen molar-refractivity contribution in [1.82, 2.24) is 0 Å². The van der Waals surface area contributed by atoms with Gasteiger partial charge < -0.3 is 25.2 Å². The van der Waals surface area contributed by atoms with Crippen molar-refractivity contribution in [3.63, 3.8) is 0 Å². The molecule has 0 aromatic carbocycles. The topological polar surface area (TPSA) is 90.2 Å². The average Bonchev–Trinajstić information content (AvgIpc) is 2.09. The fourth-order valence-electron chi connectivity index (χ4n) is 1.01. The Morgan fingerprint density at radius 3 is 2.50 bits per heavy atom. The van der Waals surface area contributed by atoms with Gasteiger partial charge in [-0.2, -0.15) is 0 Å². The fourth-order valence-corrected chi connectivity index (χ4v) is 1.42. The molecule has 0 aromatic rings. The minimum Gasteiger partial charge on any atom is -0.392 e. The third-order valence-corrected chi connectivity index (χ3v) is 2.82. The van der Waals surface area contributed by atoms with Crippen molar-refractivity contribution in [2.45, 2.75) is 22.8 Å². The van der Waals surface area contributed by atoms with Crippen LogP contribution >= 0.6 is 15.9 Å². The van der Waals surface area contributed by atoms with Crippen LogP contribution in [0, 0.1) is 0 Å². The van der Waals surface area contributed by atoms with E-state index in [-0.39, 0.29) is 6.61 Å². The van der Waals surface area contributed by atoms with Gasteiger partial charge in [0.15, 0.2) is 4.51 Å². The van der Waals surface area contributed by atoms with Crippen LogP contribution in [0.1, 0.15) is 0 Å². The smallest absolute Gasteiger partial charge is 0.174 e. The first-order valence-corrected chi connectivity index (χ1v) is 4.28. The molecule has 0 aromatic heterocycles. The lowest BCUT2D eigenvalue weighted by atomic mass is 10.0. The van der Waals surface area contributed by atoms with Gasteiger partial charge in [0.25, 0.3) is 0 Å². The molecule has 0 spiro atoms. The fraction of sp³-hybridized carbons (Fsp3) is 1.00. The zero-order valence-electron chi connectivity index (χ0n) is 6.22. The summed E-state index contributed by atoms with van der Waals surface area (Å²) in [5.74, 6) is 0. The summed E-state index contributed by atoms with van der Waals surface area (Å²) in [6.07, 6.45) is -3.76. The van der Waals surface area contributed by atoms with Gasteiger partial charge >= 0.3 is 0 Å². The van der Waals surface area contributed by atoms with Gasteiger partial charge in [-0.3, -0.25) is 0 Å². The highest BCUT2D eigenvalue weighted by Gasteiger charge is 2.47. The molecular weight excluding hydrogens is 232 g/mol. The molecule has 1 unspecified atom stereocenters. The number of rotatable bonds is 1. The maximum absolute atomic E-state index is 9.33. The largest absolute Gasteiger partial charge is 0.392 e. The Kier molecular flexibility index (Phi) is 3.08. The molecule has 0 radical (unpaired) electrons. The number of aliphatic hydroxyl groups excluding tert-OH is 4. The second kappa shape index (κ2) is 3.57. The monoisotopic (exact) mass is 242 g/mol. The molecule has 4 N–H and O–H groups in total. The molecule has 12 heavy (non-hydrogen) atoms. The van der Waals surface area contributed by atoms with Crippen molar-refractivity contribution in [2.75, 3.05) is 13.2 Å². The molecule has 0 aliphatic carbocycles. The minimum absolute atomic E-state index is 0.121. The van der Waals surface area contributed by atoms with Crippen LogP contribution in [0.5, 0.6) is 0 Å². The van der Waals surface area contributed by atoms with Gasteiger partial charge in [0.05, 0.1) is 13.2 Å². The predicted octanol–water partition coefficient (Wildman–Crippen LogP) is -1.82. The second-order valence-electron chi connectivity index (χ2n) is 2.76. The van der Waals surface area contributed by atoms with Crippen molar-refractivity contribution < 1.29 is 25.2 Å². The third kappa shape index (κ3) is 1.63. The van der Waals surface area contributed by atoms with Crippen LogP contribution in [0.3, 0.4) is 0 Å². The van der Waals surface area contributed by atoms with E-state index in [9.17, 15) is 10.2 Å². The summed E-state index contributed by atoms with van der Waals surface area (Å²) in [4.78, 5) is 0. The van der Waals surface area contributed by atoms with Crippen molar-refractivity contribution in [2.24, 2.45) is 0 Å². The van der Waals surface area contributed by atoms with Crippen LogP contribution in [0.2, 0.25) is 0 Å². The average molecular weight is 243 g/mol. The Hall–Kier alpha value is 0.280. The molecule has 1 fully saturated rings. The molecule has 0 bridgehead atoms. The van der Waals surface area contributed by atoms with E-state index in [0.29, 0.717) is 0 Å². The highest BCUT2D eigenvalue weighted by Crippen LogP contribution is 2.31. The van der Waals surface area contributed by atoms with E-state index < -0.39 is 29.4 Å². The van der Waals surface area contributed by atoms with Crippen molar-refractivity contribution in [1.29, 1.82) is 0 Å². The summed E-state index contributed by atoms with van der Waals surface area (Å²) >= 11 is 2.93. The van der Waals surface area contributed by atoms with Crippen LogP contribution in [0.4, 0.5) is 0 Å². The lowest BCUT2D eigenvalue weighted by Gasteiger charge is -2.40. The highest BCUT2D eigenvalue weighted by atomic mass is 79.9. The maximum Gasteiger partial charge on any atom is 0.174 e. The van der Waals surface area contributed by atoms with Crippen LogP contribution < -0.4 is 0 Å².